The van der Waals surface area contributed by atoms with Gasteiger partial charge in [0, 0.05) is 5.56 Å². The highest BCUT2D eigenvalue weighted by molar-refractivity contribution is 6.19. The molecule has 4 rings (SSSR count). The second-order valence-electron chi connectivity index (χ2n) is 5.54. The zero-order valence-electron chi connectivity index (χ0n) is 10.8. The number of rotatable bonds is 1. The van der Waals surface area contributed by atoms with Crippen molar-refractivity contribution in [2.75, 3.05) is 6.61 Å². The molecule has 1 N–H and O–H groups in total. The number of aromatic hydroxyl groups is 1. The van der Waals surface area contributed by atoms with Gasteiger partial charge in [-0.25, -0.2) is 0 Å². The number of benzene rings is 1. The minimum atomic E-state index is -0.826. The summed E-state index contributed by atoms with van der Waals surface area (Å²) in [5.74, 6) is -0.825. The average Bonchev–Trinajstić information content (AvgIpc) is 3.02. The first-order valence-electron chi connectivity index (χ1n) is 6.44. The highest BCUT2D eigenvalue weighted by Gasteiger charge is 2.54. The molecule has 0 amide bonds. The summed E-state index contributed by atoms with van der Waals surface area (Å²) >= 11 is 0. The normalized spacial score (nSPS) is 34.1. The molecular formula is C15H12O5. The van der Waals surface area contributed by atoms with Crippen molar-refractivity contribution >= 4 is 11.6 Å². The quantitative estimate of drug-likeness (QED) is 0.783. The van der Waals surface area contributed by atoms with Crippen molar-refractivity contribution in [2.24, 2.45) is 5.92 Å². The van der Waals surface area contributed by atoms with Gasteiger partial charge in [-0.3, -0.25) is 9.59 Å². The maximum atomic E-state index is 12.5. The fourth-order valence-electron chi connectivity index (χ4n) is 2.81. The third-order valence-electron chi connectivity index (χ3n) is 4.13. The fourth-order valence-corrected chi connectivity index (χ4v) is 2.81. The highest BCUT2D eigenvalue weighted by Crippen LogP contribution is 2.45. The molecule has 0 saturated carbocycles. The molecule has 0 aromatic heterocycles. The number of carbonyl (C=O) groups excluding carboxylic acids is 2. The third-order valence-corrected chi connectivity index (χ3v) is 4.13. The summed E-state index contributed by atoms with van der Waals surface area (Å²) in [5, 5.41) is 9.84. The van der Waals surface area contributed by atoms with Crippen molar-refractivity contribution < 1.29 is 24.2 Å². The van der Waals surface area contributed by atoms with Gasteiger partial charge in [0.15, 0.2) is 11.9 Å². The molecule has 5 heteroatoms. The molecule has 3 aliphatic rings. The lowest BCUT2D eigenvalue weighted by Crippen LogP contribution is -2.38. The van der Waals surface area contributed by atoms with Crippen LogP contribution in [0.5, 0.6) is 5.75 Å². The van der Waals surface area contributed by atoms with E-state index in [1.54, 1.807) is 18.2 Å². The Labute approximate surface area is 114 Å². The second-order valence-corrected chi connectivity index (χ2v) is 5.54. The van der Waals surface area contributed by atoms with Crippen molar-refractivity contribution in [3.05, 3.63) is 41.2 Å². The number of phenolic OH excluding ortho intramolecular Hbond substituents is 1. The van der Waals surface area contributed by atoms with Crippen LogP contribution in [0.1, 0.15) is 27.6 Å². The van der Waals surface area contributed by atoms with E-state index >= 15 is 0 Å². The molecule has 1 saturated heterocycles. The Morgan fingerprint density at radius 3 is 2.75 bits per heavy atom. The number of hydrogen-bond acceptors (Lipinski definition) is 5. The molecule has 2 aliphatic heterocycles. The van der Waals surface area contributed by atoms with Crippen LogP contribution < -0.4 is 0 Å². The number of phenols is 1. The van der Waals surface area contributed by atoms with Gasteiger partial charge < -0.3 is 14.6 Å². The number of Topliss-reactive ketones (excluding diaryl/α,β-unsaturated/α-hetero) is 2. The molecule has 2 heterocycles. The molecule has 1 aromatic carbocycles. The number of ether oxygens (including phenoxy) is 2. The topological polar surface area (TPSA) is 76.1 Å². The van der Waals surface area contributed by atoms with Gasteiger partial charge >= 0.3 is 0 Å². The fraction of sp³-hybridized carbons (Fsp3) is 0.333. The number of fused-ring (bicyclic) bond motifs is 2. The summed E-state index contributed by atoms with van der Waals surface area (Å²) in [5.41, 5.74) is -0.180. The van der Waals surface area contributed by atoms with Gasteiger partial charge in [-0.05, 0) is 19.1 Å². The van der Waals surface area contributed by atoms with Crippen molar-refractivity contribution in [1.82, 2.24) is 0 Å². The summed E-state index contributed by atoms with van der Waals surface area (Å²) in [6.45, 7) is 2.38. The standard InChI is InChI=1S/C15H12O5/c1-15(6-19-15)10-5-8-12(17)11-7(3-2-4-9(11)16)13(18)14(8)20-10/h2-5,8,14,16H,6H2,1H3. The molecule has 1 aliphatic carbocycles. The molecule has 3 unspecified atom stereocenters. The van der Waals surface area contributed by atoms with E-state index in [0.29, 0.717) is 12.4 Å². The lowest BCUT2D eigenvalue weighted by atomic mass is 9.80. The van der Waals surface area contributed by atoms with Crippen LogP contribution in [0.25, 0.3) is 0 Å². The predicted octanol–water partition coefficient (Wildman–Crippen LogP) is 1.46. The Balaban J connectivity index is 1.82. The van der Waals surface area contributed by atoms with Gasteiger partial charge in [0.2, 0.25) is 5.78 Å². The van der Waals surface area contributed by atoms with E-state index < -0.39 is 17.6 Å². The van der Waals surface area contributed by atoms with E-state index in [0.717, 1.165) is 0 Å². The van der Waals surface area contributed by atoms with Crippen LogP contribution in [-0.2, 0) is 9.47 Å². The largest absolute Gasteiger partial charge is 0.507 e. The summed E-state index contributed by atoms with van der Waals surface area (Å²) in [4.78, 5) is 24.9. The maximum absolute atomic E-state index is 12.5. The first kappa shape index (κ1) is 11.7. The monoisotopic (exact) mass is 272 g/mol. The molecule has 20 heavy (non-hydrogen) atoms. The Kier molecular flexibility index (Phi) is 2.04. The molecule has 0 bridgehead atoms. The van der Waals surface area contributed by atoms with Crippen LogP contribution in [0.15, 0.2) is 30.0 Å². The first-order valence-corrected chi connectivity index (χ1v) is 6.44. The van der Waals surface area contributed by atoms with E-state index in [1.165, 1.54) is 6.07 Å². The van der Waals surface area contributed by atoms with Crippen molar-refractivity contribution in [1.29, 1.82) is 0 Å². The Bertz CT molecular complexity index is 684. The van der Waals surface area contributed by atoms with Gasteiger partial charge in [-0.15, -0.1) is 0 Å². The van der Waals surface area contributed by atoms with Crippen molar-refractivity contribution in [3.8, 4) is 5.75 Å². The summed E-state index contributed by atoms with van der Waals surface area (Å²) in [7, 11) is 0. The Morgan fingerprint density at radius 1 is 1.30 bits per heavy atom. The van der Waals surface area contributed by atoms with Crippen LogP contribution in [-0.4, -0.2) is 35.0 Å². The van der Waals surface area contributed by atoms with Crippen LogP contribution in [0, 0.1) is 5.92 Å². The molecule has 0 spiro atoms. The molecular weight excluding hydrogens is 260 g/mol. The molecule has 1 fully saturated rings. The Hall–Kier alpha value is -2.14. The first-order chi connectivity index (χ1) is 9.51. The van der Waals surface area contributed by atoms with Crippen LogP contribution in [0.2, 0.25) is 0 Å². The minimum Gasteiger partial charge on any atom is -0.507 e. The molecule has 1 aromatic rings. The zero-order valence-corrected chi connectivity index (χ0v) is 10.8. The van der Waals surface area contributed by atoms with Gasteiger partial charge in [-0.2, -0.15) is 0 Å². The molecule has 5 nitrogen and oxygen atoms in total. The number of epoxide rings is 1. The predicted molar refractivity (Wildman–Crippen MR) is 67.6 cm³/mol. The minimum absolute atomic E-state index is 0.0988. The Morgan fingerprint density at radius 2 is 2.05 bits per heavy atom. The molecule has 0 radical (unpaired) electrons. The van der Waals surface area contributed by atoms with Crippen LogP contribution in [0.4, 0.5) is 0 Å². The zero-order chi connectivity index (χ0) is 14.1. The maximum Gasteiger partial charge on any atom is 0.205 e. The van der Waals surface area contributed by atoms with E-state index in [1.807, 2.05) is 6.92 Å². The van der Waals surface area contributed by atoms with Gasteiger partial charge in [0.25, 0.3) is 0 Å². The third kappa shape index (κ3) is 1.35. The van der Waals surface area contributed by atoms with E-state index in [9.17, 15) is 14.7 Å². The number of hydrogen-bond donors (Lipinski definition) is 1. The van der Waals surface area contributed by atoms with Crippen molar-refractivity contribution in [3.63, 3.8) is 0 Å². The highest BCUT2D eigenvalue weighted by atomic mass is 16.6. The van der Waals surface area contributed by atoms with Crippen LogP contribution in [0.3, 0.4) is 0 Å². The summed E-state index contributed by atoms with van der Waals surface area (Å²) in [6, 6.07) is 4.51. The summed E-state index contributed by atoms with van der Waals surface area (Å²) < 4.78 is 10.9. The smallest absolute Gasteiger partial charge is 0.205 e. The van der Waals surface area contributed by atoms with Gasteiger partial charge in [-0.1, -0.05) is 12.1 Å². The van der Waals surface area contributed by atoms with Crippen molar-refractivity contribution in [2.45, 2.75) is 18.6 Å². The SMILES string of the molecule is CC1(C2=CC3C(=O)c4c(O)cccc4C(=O)C3O2)CO1. The lowest BCUT2D eigenvalue weighted by molar-refractivity contribution is 0.0490. The van der Waals surface area contributed by atoms with Crippen LogP contribution >= 0.6 is 0 Å². The number of ketones is 2. The lowest BCUT2D eigenvalue weighted by Gasteiger charge is -2.25. The van der Waals surface area contributed by atoms with E-state index in [2.05, 4.69) is 0 Å². The van der Waals surface area contributed by atoms with E-state index in [-0.39, 0.29) is 28.4 Å². The molecule has 102 valence electrons. The van der Waals surface area contributed by atoms with Gasteiger partial charge in [0.05, 0.1) is 18.1 Å². The number of carbonyl (C=O) groups is 2. The van der Waals surface area contributed by atoms with E-state index in [4.69, 9.17) is 9.47 Å². The second kappa shape index (κ2) is 3.49. The average molecular weight is 272 g/mol. The van der Waals surface area contributed by atoms with Gasteiger partial charge in [0.1, 0.15) is 17.1 Å². The molecule has 3 atom stereocenters. The summed E-state index contributed by atoms with van der Waals surface area (Å²) in [6.07, 6.45) is 0.834.